The Morgan fingerprint density at radius 3 is 2.94 bits per heavy atom. The Morgan fingerprint density at radius 1 is 1.56 bits per heavy atom. The molecular weight excluding hydrogens is 231 g/mol. The molecule has 0 radical (unpaired) electrons. The van der Waals surface area contributed by atoms with Gasteiger partial charge in [0.15, 0.2) is 0 Å². The Morgan fingerprint density at radius 2 is 2.31 bits per heavy atom. The lowest BCUT2D eigenvalue weighted by atomic mass is 10.1. The summed E-state index contributed by atoms with van der Waals surface area (Å²) < 4.78 is 19.1. The molecule has 0 saturated heterocycles. The molecule has 1 aromatic heterocycles. The maximum absolute atomic E-state index is 13.6. The molecule has 0 spiro atoms. The highest BCUT2D eigenvalue weighted by Crippen LogP contribution is 2.33. The fourth-order valence-electron chi connectivity index (χ4n) is 1.61. The van der Waals surface area contributed by atoms with Gasteiger partial charge in [-0.25, -0.2) is 4.39 Å². The summed E-state index contributed by atoms with van der Waals surface area (Å²) in [4.78, 5) is 10.9. The van der Waals surface area contributed by atoms with Crippen molar-refractivity contribution in [1.29, 1.82) is 0 Å². The molecule has 0 bridgehead atoms. The van der Waals surface area contributed by atoms with Crippen molar-refractivity contribution in [3.63, 3.8) is 0 Å². The largest absolute Gasteiger partial charge is 0.544 e. The van der Waals surface area contributed by atoms with Crippen LogP contribution in [0.5, 0.6) is 0 Å². The van der Waals surface area contributed by atoms with Crippen molar-refractivity contribution in [2.45, 2.75) is 6.61 Å². The Hall–Kier alpha value is -1.46. The summed E-state index contributed by atoms with van der Waals surface area (Å²) in [6.45, 7) is 0.0598. The molecule has 1 heterocycles. The van der Waals surface area contributed by atoms with Gasteiger partial charge in [0.1, 0.15) is 5.82 Å². The highest BCUT2D eigenvalue weighted by atomic mass is 32.1. The average molecular weight is 239 g/mol. The number of rotatable bonds is 3. The number of carboxylic acids is 1. The van der Waals surface area contributed by atoms with Crippen LogP contribution in [0.25, 0.3) is 10.1 Å². The van der Waals surface area contributed by atoms with Crippen molar-refractivity contribution in [2.24, 2.45) is 0 Å². The van der Waals surface area contributed by atoms with E-state index in [1.807, 2.05) is 0 Å². The quantitative estimate of drug-likeness (QED) is 0.816. The monoisotopic (exact) mass is 239 g/mol. The highest BCUT2D eigenvalue weighted by molar-refractivity contribution is 7.21. The van der Waals surface area contributed by atoms with E-state index >= 15 is 0 Å². The van der Waals surface area contributed by atoms with Crippen LogP contribution in [0, 0.1) is 5.82 Å². The number of carboxylic acid groups (broad SMARTS) is 1. The number of benzene rings is 1. The molecule has 2 rings (SSSR count). The third kappa shape index (κ3) is 1.68. The molecule has 0 aliphatic heterocycles. The minimum Gasteiger partial charge on any atom is -0.544 e. The summed E-state index contributed by atoms with van der Waals surface area (Å²) in [5.74, 6) is -1.74. The second-order valence-corrected chi connectivity index (χ2v) is 4.30. The molecule has 3 nitrogen and oxygen atoms in total. The molecule has 84 valence electrons. The van der Waals surface area contributed by atoms with Crippen LogP contribution < -0.4 is 5.11 Å². The van der Waals surface area contributed by atoms with Crippen LogP contribution in [0.4, 0.5) is 4.39 Å². The molecular formula is C11H8FO3S-. The van der Waals surface area contributed by atoms with Crippen molar-refractivity contribution in [1.82, 2.24) is 0 Å². The standard InChI is InChI=1S/C11H9FO3S/c1-15-5-6-9-7(12)3-2-4-8(9)16-10(6)11(13)14/h2-4H,5H2,1H3,(H,13,14)/p-1. The second-order valence-electron chi connectivity index (χ2n) is 3.24. The molecule has 0 atom stereocenters. The van der Waals surface area contributed by atoms with Gasteiger partial charge in [-0.05, 0) is 12.1 Å². The van der Waals surface area contributed by atoms with Gasteiger partial charge in [0, 0.05) is 22.8 Å². The number of carbonyl (C=O) groups is 1. The maximum Gasteiger partial charge on any atom is 0.132 e. The molecule has 1 aromatic carbocycles. The van der Waals surface area contributed by atoms with Crippen molar-refractivity contribution in [3.05, 3.63) is 34.5 Å². The van der Waals surface area contributed by atoms with Gasteiger partial charge in [-0.3, -0.25) is 0 Å². The Balaban J connectivity index is 2.77. The summed E-state index contributed by atoms with van der Waals surface area (Å²) in [7, 11) is 1.43. The topological polar surface area (TPSA) is 49.4 Å². The molecule has 2 aromatic rings. The van der Waals surface area contributed by atoms with E-state index in [0.29, 0.717) is 15.6 Å². The molecule has 0 unspecified atom stereocenters. The number of thiophene rings is 1. The number of aromatic carboxylic acids is 1. The number of methoxy groups -OCH3 is 1. The molecule has 0 saturated carbocycles. The molecule has 0 aliphatic carbocycles. The van der Waals surface area contributed by atoms with Crippen molar-refractivity contribution in [3.8, 4) is 0 Å². The van der Waals surface area contributed by atoms with E-state index in [1.165, 1.54) is 13.2 Å². The van der Waals surface area contributed by atoms with Gasteiger partial charge < -0.3 is 14.6 Å². The summed E-state index contributed by atoms with van der Waals surface area (Å²) in [5, 5.41) is 11.2. The summed E-state index contributed by atoms with van der Waals surface area (Å²) in [6, 6.07) is 4.52. The fourth-order valence-corrected chi connectivity index (χ4v) is 2.67. The highest BCUT2D eigenvalue weighted by Gasteiger charge is 2.15. The third-order valence-corrected chi connectivity index (χ3v) is 3.41. The van der Waals surface area contributed by atoms with Crippen molar-refractivity contribution >= 4 is 27.4 Å². The molecule has 5 heteroatoms. The second kappa shape index (κ2) is 4.19. The Bertz CT molecular complexity index is 547. The first-order valence-corrected chi connectivity index (χ1v) is 5.37. The molecule has 0 aliphatic rings. The zero-order valence-electron chi connectivity index (χ0n) is 8.45. The van der Waals surface area contributed by atoms with Gasteiger partial charge in [-0.2, -0.15) is 0 Å². The predicted octanol–water partition coefficient (Wildman–Crippen LogP) is 1.55. The smallest absolute Gasteiger partial charge is 0.132 e. The normalized spacial score (nSPS) is 10.9. The zero-order chi connectivity index (χ0) is 11.7. The van der Waals surface area contributed by atoms with E-state index in [1.54, 1.807) is 12.1 Å². The first-order chi connectivity index (χ1) is 7.65. The molecule has 0 N–H and O–H groups in total. The van der Waals surface area contributed by atoms with E-state index in [2.05, 4.69) is 0 Å². The van der Waals surface area contributed by atoms with E-state index in [0.717, 1.165) is 11.3 Å². The van der Waals surface area contributed by atoms with Gasteiger partial charge in [-0.15, -0.1) is 11.3 Å². The van der Waals surface area contributed by atoms with E-state index < -0.39 is 11.8 Å². The number of ether oxygens (including phenoxy) is 1. The minimum absolute atomic E-state index is 0.0296. The predicted molar refractivity (Wildman–Crippen MR) is 56.8 cm³/mol. The molecule has 0 amide bonds. The van der Waals surface area contributed by atoms with Crippen LogP contribution in [0.3, 0.4) is 0 Å². The van der Waals surface area contributed by atoms with Crippen molar-refractivity contribution < 1.29 is 19.0 Å². The molecule has 0 fully saturated rings. The number of halogens is 1. The van der Waals surface area contributed by atoms with Gasteiger partial charge >= 0.3 is 0 Å². The van der Waals surface area contributed by atoms with Gasteiger partial charge in [-0.1, -0.05) is 6.07 Å². The summed E-state index contributed by atoms with van der Waals surface area (Å²) >= 11 is 1.00. The van der Waals surface area contributed by atoms with Gasteiger partial charge in [0.2, 0.25) is 0 Å². The summed E-state index contributed by atoms with van der Waals surface area (Å²) in [5.41, 5.74) is 0.348. The Labute approximate surface area is 95.1 Å². The lowest BCUT2D eigenvalue weighted by Crippen LogP contribution is -2.22. The van der Waals surface area contributed by atoms with Gasteiger partial charge in [0.05, 0.1) is 17.5 Å². The van der Waals surface area contributed by atoms with Crippen LogP contribution in [0.1, 0.15) is 15.2 Å². The average Bonchev–Trinajstić information content (AvgIpc) is 2.59. The van der Waals surface area contributed by atoms with Crippen molar-refractivity contribution in [2.75, 3.05) is 7.11 Å². The van der Waals surface area contributed by atoms with Crippen LogP contribution in [0.2, 0.25) is 0 Å². The lowest BCUT2D eigenvalue weighted by molar-refractivity contribution is -0.254. The van der Waals surface area contributed by atoms with Crippen LogP contribution in [0.15, 0.2) is 18.2 Å². The lowest BCUT2D eigenvalue weighted by Gasteiger charge is -2.04. The zero-order valence-corrected chi connectivity index (χ0v) is 9.27. The van der Waals surface area contributed by atoms with E-state index in [4.69, 9.17) is 4.74 Å². The fraction of sp³-hybridized carbons (Fsp3) is 0.182. The first kappa shape index (κ1) is 11.0. The minimum atomic E-state index is -1.30. The third-order valence-electron chi connectivity index (χ3n) is 2.24. The van der Waals surface area contributed by atoms with Crippen LogP contribution in [-0.2, 0) is 11.3 Å². The van der Waals surface area contributed by atoms with Crippen LogP contribution in [-0.4, -0.2) is 13.1 Å². The number of carbonyl (C=O) groups excluding carboxylic acids is 1. The number of fused-ring (bicyclic) bond motifs is 1. The molecule has 16 heavy (non-hydrogen) atoms. The SMILES string of the molecule is COCc1c(C(=O)[O-])sc2cccc(F)c12. The summed E-state index contributed by atoms with van der Waals surface area (Å²) in [6.07, 6.45) is 0. The maximum atomic E-state index is 13.6. The Kier molecular flexibility index (Phi) is 2.89. The number of hydrogen-bond donors (Lipinski definition) is 0. The van der Waals surface area contributed by atoms with Gasteiger partial charge in [0.25, 0.3) is 0 Å². The first-order valence-electron chi connectivity index (χ1n) is 4.55. The van der Waals surface area contributed by atoms with E-state index in [9.17, 15) is 14.3 Å². The number of hydrogen-bond acceptors (Lipinski definition) is 4. The van der Waals surface area contributed by atoms with E-state index in [-0.39, 0.29) is 11.5 Å². The van der Waals surface area contributed by atoms with Crippen LogP contribution >= 0.6 is 11.3 Å².